The number of aromatic nitrogens is 3. The highest BCUT2D eigenvalue weighted by molar-refractivity contribution is 5.84. The number of hydrogen-bond donors (Lipinski definition) is 2. The molecule has 3 rings (SSSR count). The molecule has 22 heavy (non-hydrogen) atoms. The van der Waals surface area contributed by atoms with Gasteiger partial charge < -0.3 is 14.9 Å². The van der Waals surface area contributed by atoms with Gasteiger partial charge in [-0.05, 0) is 18.1 Å². The van der Waals surface area contributed by atoms with E-state index in [4.69, 9.17) is 0 Å². The van der Waals surface area contributed by atoms with Gasteiger partial charge in [0.05, 0.1) is 6.33 Å². The first kappa shape index (κ1) is 14.4. The van der Waals surface area contributed by atoms with Crippen molar-refractivity contribution in [2.75, 3.05) is 6.54 Å². The number of amides is 1. The summed E-state index contributed by atoms with van der Waals surface area (Å²) < 4.78 is 2.11. The van der Waals surface area contributed by atoms with E-state index in [0.717, 1.165) is 18.5 Å². The number of carbonyl (C=O) groups excluding carboxylic acids is 1. The van der Waals surface area contributed by atoms with Gasteiger partial charge in [-0.15, -0.1) is 0 Å². The summed E-state index contributed by atoms with van der Waals surface area (Å²) in [5.41, 5.74) is 3.47. The number of benzene rings is 1. The molecule has 0 saturated heterocycles. The second-order valence-electron chi connectivity index (χ2n) is 5.46. The third kappa shape index (κ3) is 3.19. The van der Waals surface area contributed by atoms with Crippen LogP contribution in [0.25, 0.3) is 10.9 Å². The summed E-state index contributed by atoms with van der Waals surface area (Å²) in [6, 6.07) is 8.29. The number of fused-ring (bicyclic) bond motifs is 1. The van der Waals surface area contributed by atoms with Gasteiger partial charge in [0.25, 0.3) is 0 Å². The van der Waals surface area contributed by atoms with E-state index in [-0.39, 0.29) is 5.91 Å². The van der Waals surface area contributed by atoms with E-state index in [1.54, 1.807) is 12.5 Å². The summed E-state index contributed by atoms with van der Waals surface area (Å²) in [6.07, 6.45) is 7.59. The fourth-order valence-corrected chi connectivity index (χ4v) is 2.72. The lowest BCUT2D eigenvalue weighted by molar-refractivity contribution is -0.121. The van der Waals surface area contributed by atoms with Gasteiger partial charge in [0.2, 0.25) is 5.91 Å². The van der Waals surface area contributed by atoms with E-state index in [1.165, 1.54) is 16.5 Å². The Morgan fingerprint density at radius 1 is 1.32 bits per heavy atom. The Morgan fingerprint density at radius 2 is 2.18 bits per heavy atom. The molecule has 0 radical (unpaired) electrons. The van der Waals surface area contributed by atoms with E-state index >= 15 is 0 Å². The van der Waals surface area contributed by atoms with Crippen LogP contribution in [0.2, 0.25) is 0 Å². The number of rotatable bonds is 6. The zero-order chi connectivity index (χ0) is 15.4. The van der Waals surface area contributed by atoms with Crippen LogP contribution in [-0.4, -0.2) is 27.0 Å². The molecule has 0 aliphatic heterocycles. The summed E-state index contributed by atoms with van der Waals surface area (Å²) in [5, 5.41) is 4.18. The molecule has 0 fully saturated rings. The number of nitrogens with zero attached hydrogens (tertiary/aromatic N) is 2. The van der Waals surface area contributed by atoms with Gasteiger partial charge in [-0.2, -0.15) is 0 Å². The molecule has 0 aliphatic carbocycles. The van der Waals surface area contributed by atoms with Crippen molar-refractivity contribution < 1.29 is 4.79 Å². The normalized spacial score (nSPS) is 11.0. The van der Waals surface area contributed by atoms with Gasteiger partial charge in [-0.25, -0.2) is 4.98 Å². The molecular weight excluding hydrogens is 276 g/mol. The summed E-state index contributed by atoms with van der Waals surface area (Å²) >= 11 is 0. The largest absolute Gasteiger partial charge is 0.356 e. The van der Waals surface area contributed by atoms with Gasteiger partial charge in [0.1, 0.15) is 0 Å². The SMILES string of the molecule is Cn1cc(CCC(=O)NCCc2cnc[nH]2)c2ccccc21. The van der Waals surface area contributed by atoms with Crippen molar-refractivity contribution in [2.45, 2.75) is 19.3 Å². The number of imidazole rings is 1. The molecule has 114 valence electrons. The first-order valence-corrected chi connectivity index (χ1v) is 7.51. The predicted molar refractivity (Wildman–Crippen MR) is 86.5 cm³/mol. The monoisotopic (exact) mass is 296 g/mol. The van der Waals surface area contributed by atoms with Crippen LogP contribution in [0, 0.1) is 0 Å². The van der Waals surface area contributed by atoms with Crippen LogP contribution in [0.15, 0.2) is 43.0 Å². The number of aryl methyl sites for hydroxylation is 2. The van der Waals surface area contributed by atoms with Crippen LogP contribution in [0.5, 0.6) is 0 Å². The van der Waals surface area contributed by atoms with E-state index in [0.29, 0.717) is 13.0 Å². The van der Waals surface area contributed by atoms with Crippen LogP contribution in [0.3, 0.4) is 0 Å². The quantitative estimate of drug-likeness (QED) is 0.732. The number of hydrogen-bond acceptors (Lipinski definition) is 2. The average Bonchev–Trinajstić information content (AvgIpc) is 3.14. The minimum atomic E-state index is 0.0902. The van der Waals surface area contributed by atoms with Crippen molar-refractivity contribution in [2.24, 2.45) is 7.05 Å². The van der Waals surface area contributed by atoms with E-state index in [2.05, 4.69) is 38.2 Å². The topological polar surface area (TPSA) is 62.7 Å². The molecule has 2 heterocycles. The lowest BCUT2D eigenvalue weighted by Gasteiger charge is -2.04. The highest BCUT2D eigenvalue weighted by Gasteiger charge is 2.08. The van der Waals surface area contributed by atoms with Crippen LogP contribution in [-0.2, 0) is 24.7 Å². The van der Waals surface area contributed by atoms with Gasteiger partial charge in [-0.1, -0.05) is 18.2 Å². The highest BCUT2D eigenvalue weighted by Crippen LogP contribution is 2.21. The smallest absolute Gasteiger partial charge is 0.220 e. The lowest BCUT2D eigenvalue weighted by atomic mass is 10.1. The Kier molecular flexibility index (Phi) is 4.23. The van der Waals surface area contributed by atoms with E-state index < -0.39 is 0 Å². The highest BCUT2D eigenvalue weighted by atomic mass is 16.1. The molecule has 2 aromatic heterocycles. The van der Waals surface area contributed by atoms with Crippen molar-refractivity contribution >= 4 is 16.8 Å². The molecule has 5 nitrogen and oxygen atoms in total. The van der Waals surface area contributed by atoms with Crippen LogP contribution in [0.4, 0.5) is 0 Å². The fraction of sp³-hybridized carbons (Fsp3) is 0.294. The summed E-state index contributed by atoms with van der Waals surface area (Å²) in [4.78, 5) is 18.9. The number of carbonyl (C=O) groups is 1. The maximum absolute atomic E-state index is 11.9. The Morgan fingerprint density at radius 3 is 3.00 bits per heavy atom. The molecule has 0 aliphatic rings. The molecule has 5 heteroatoms. The lowest BCUT2D eigenvalue weighted by Crippen LogP contribution is -2.25. The average molecular weight is 296 g/mol. The van der Waals surface area contributed by atoms with Crippen molar-refractivity contribution in [1.82, 2.24) is 19.9 Å². The number of aromatic amines is 1. The molecule has 2 N–H and O–H groups in total. The van der Waals surface area contributed by atoms with Crippen molar-refractivity contribution in [3.8, 4) is 0 Å². The van der Waals surface area contributed by atoms with Crippen molar-refractivity contribution in [1.29, 1.82) is 0 Å². The van der Waals surface area contributed by atoms with Crippen LogP contribution >= 0.6 is 0 Å². The Bertz CT molecular complexity index is 758. The van der Waals surface area contributed by atoms with Crippen LogP contribution in [0.1, 0.15) is 17.7 Å². The Balaban J connectivity index is 1.52. The van der Waals surface area contributed by atoms with Crippen LogP contribution < -0.4 is 5.32 Å². The zero-order valence-corrected chi connectivity index (χ0v) is 12.7. The summed E-state index contributed by atoms with van der Waals surface area (Å²) in [5.74, 6) is 0.0902. The molecule has 1 aromatic carbocycles. The van der Waals surface area contributed by atoms with E-state index in [9.17, 15) is 4.79 Å². The van der Waals surface area contributed by atoms with Gasteiger partial charge in [0, 0.05) is 55.4 Å². The van der Waals surface area contributed by atoms with Crippen molar-refractivity contribution in [3.05, 3.63) is 54.2 Å². The Hall–Kier alpha value is -2.56. The molecule has 0 atom stereocenters. The maximum Gasteiger partial charge on any atom is 0.220 e. The second-order valence-corrected chi connectivity index (χ2v) is 5.46. The molecule has 0 spiro atoms. The number of nitrogens with one attached hydrogen (secondary N) is 2. The fourth-order valence-electron chi connectivity index (χ4n) is 2.72. The minimum Gasteiger partial charge on any atom is -0.356 e. The number of H-pyrrole nitrogens is 1. The first-order chi connectivity index (χ1) is 10.7. The predicted octanol–water partition coefficient (Wildman–Crippen LogP) is 2.19. The third-order valence-corrected chi connectivity index (χ3v) is 3.87. The molecule has 0 saturated carbocycles. The molecule has 0 bridgehead atoms. The summed E-state index contributed by atoms with van der Waals surface area (Å²) in [6.45, 7) is 0.635. The van der Waals surface area contributed by atoms with Gasteiger partial charge in [0.15, 0.2) is 0 Å². The zero-order valence-electron chi connectivity index (χ0n) is 12.7. The molecule has 3 aromatic rings. The maximum atomic E-state index is 11.9. The third-order valence-electron chi connectivity index (χ3n) is 3.87. The Labute approximate surface area is 129 Å². The first-order valence-electron chi connectivity index (χ1n) is 7.51. The van der Waals surface area contributed by atoms with E-state index in [1.807, 2.05) is 19.2 Å². The molecule has 1 amide bonds. The van der Waals surface area contributed by atoms with Gasteiger partial charge >= 0.3 is 0 Å². The molecular formula is C17H20N4O. The standard InChI is InChI=1S/C17H20N4O/c1-21-11-13(15-4-2-3-5-16(15)21)6-7-17(22)19-9-8-14-10-18-12-20-14/h2-5,10-12H,6-9H2,1H3,(H,18,20)(H,19,22). The molecule has 0 unspecified atom stereocenters. The minimum absolute atomic E-state index is 0.0902. The second kappa shape index (κ2) is 6.47. The number of para-hydroxylation sites is 1. The van der Waals surface area contributed by atoms with Gasteiger partial charge in [-0.3, -0.25) is 4.79 Å². The van der Waals surface area contributed by atoms with Crippen molar-refractivity contribution in [3.63, 3.8) is 0 Å². The summed E-state index contributed by atoms with van der Waals surface area (Å²) in [7, 11) is 2.04.